The van der Waals surface area contributed by atoms with Gasteiger partial charge in [0.15, 0.2) is 0 Å². The molecule has 2 aromatic carbocycles. The third-order valence-corrected chi connectivity index (χ3v) is 8.22. The van der Waals surface area contributed by atoms with Crippen LogP contribution in [0.5, 0.6) is 0 Å². The number of benzene rings is 2. The predicted octanol–water partition coefficient (Wildman–Crippen LogP) is 4.38. The van der Waals surface area contributed by atoms with Gasteiger partial charge in [0.05, 0.1) is 10.5 Å². The van der Waals surface area contributed by atoms with E-state index < -0.39 is 32.6 Å². The maximum atomic E-state index is 13.4. The summed E-state index contributed by atoms with van der Waals surface area (Å²) in [5.41, 5.74) is -0.597. The summed E-state index contributed by atoms with van der Waals surface area (Å²) in [6.45, 7) is 0.0641. The topological polar surface area (TPSA) is 92.3 Å². The molecule has 33 heavy (non-hydrogen) atoms. The van der Waals surface area contributed by atoms with Crippen molar-refractivity contribution >= 4 is 33.0 Å². The zero-order valence-corrected chi connectivity index (χ0v) is 18.8. The number of amides is 1. The Kier molecular flexibility index (Phi) is 6.50. The van der Waals surface area contributed by atoms with Gasteiger partial charge in [-0.1, -0.05) is 41.7 Å². The van der Waals surface area contributed by atoms with Gasteiger partial charge >= 0.3 is 6.18 Å². The number of hydrogen-bond acceptors (Lipinski definition) is 6. The molecule has 0 spiro atoms. The number of nitrogens with one attached hydrogen (secondary N) is 1. The lowest BCUT2D eigenvalue weighted by molar-refractivity contribution is -0.139. The number of rotatable bonds is 5. The number of carbonyl (C=O) groups excluding carboxylic acids is 1. The first-order valence-electron chi connectivity index (χ1n) is 10.0. The number of sulfonamides is 1. The van der Waals surface area contributed by atoms with Crippen molar-refractivity contribution in [1.29, 1.82) is 0 Å². The van der Waals surface area contributed by atoms with Gasteiger partial charge < -0.3 is 5.32 Å². The highest BCUT2D eigenvalue weighted by Gasteiger charge is 2.40. The Hall–Kier alpha value is -2.83. The number of alkyl halides is 3. The van der Waals surface area contributed by atoms with Crippen molar-refractivity contribution < 1.29 is 26.4 Å². The second-order valence-corrected chi connectivity index (χ2v) is 10.4. The number of aromatic nitrogens is 2. The monoisotopic (exact) mass is 496 g/mol. The van der Waals surface area contributed by atoms with Crippen LogP contribution in [0.2, 0.25) is 0 Å². The fourth-order valence-electron chi connectivity index (χ4n) is 3.62. The molecular formula is C21H19F3N4O3S2. The molecule has 0 radical (unpaired) electrons. The highest BCUT2D eigenvalue weighted by Crippen LogP contribution is 2.37. The molecule has 0 saturated carbocycles. The van der Waals surface area contributed by atoms with Crippen LogP contribution in [0, 0.1) is 0 Å². The van der Waals surface area contributed by atoms with E-state index in [9.17, 15) is 26.4 Å². The Morgan fingerprint density at radius 2 is 1.76 bits per heavy atom. The minimum atomic E-state index is -4.79. The molecule has 1 saturated heterocycles. The first kappa shape index (κ1) is 23.3. The van der Waals surface area contributed by atoms with Gasteiger partial charge in [0.2, 0.25) is 15.0 Å². The zero-order chi connectivity index (χ0) is 23.6. The van der Waals surface area contributed by atoms with Gasteiger partial charge in [-0.2, -0.15) is 17.5 Å². The van der Waals surface area contributed by atoms with Crippen molar-refractivity contribution in [2.45, 2.75) is 29.8 Å². The van der Waals surface area contributed by atoms with Gasteiger partial charge in [-0.3, -0.25) is 4.79 Å². The van der Waals surface area contributed by atoms with E-state index in [4.69, 9.17) is 0 Å². The molecule has 174 valence electrons. The number of piperidine rings is 1. The van der Waals surface area contributed by atoms with Crippen LogP contribution in [0.1, 0.15) is 39.1 Å². The van der Waals surface area contributed by atoms with Crippen LogP contribution in [0.25, 0.3) is 0 Å². The second-order valence-electron chi connectivity index (χ2n) is 7.46. The second kappa shape index (κ2) is 9.20. The van der Waals surface area contributed by atoms with E-state index in [1.165, 1.54) is 6.07 Å². The molecule has 4 rings (SSSR count). The Morgan fingerprint density at radius 1 is 1.06 bits per heavy atom. The Balaban J connectivity index is 1.52. The summed E-state index contributed by atoms with van der Waals surface area (Å²) in [7, 11) is -4.38. The summed E-state index contributed by atoms with van der Waals surface area (Å²) in [4.78, 5) is 11.7. The Labute approximate surface area is 192 Å². The summed E-state index contributed by atoms with van der Waals surface area (Å²) in [5, 5.41) is 11.3. The quantitative estimate of drug-likeness (QED) is 0.566. The Morgan fingerprint density at radius 3 is 2.48 bits per heavy atom. The largest absolute Gasteiger partial charge is 0.417 e. The maximum Gasteiger partial charge on any atom is 0.417 e. The summed E-state index contributed by atoms with van der Waals surface area (Å²) in [5.74, 6) is -0.813. The molecule has 0 bridgehead atoms. The lowest BCUT2D eigenvalue weighted by Crippen LogP contribution is -2.39. The van der Waals surface area contributed by atoms with Crippen LogP contribution in [0.3, 0.4) is 0 Å². The molecule has 2 heterocycles. The van der Waals surface area contributed by atoms with Crippen LogP contribution in [-0.4, -0.2) is 41.9 Å². The van der Waals surface area contributed by atoms with Crippen molar-refractivity contribution in [3.05, 3.63) is 70.2 Å². The average molecular weight is 497 g/mol. The molecule has 1 atom stereocenters. The smallest absolute Gasteiger partial charge is 0.320 e. The first-order valence-corrected chi connectivity index (χ1v) is 12.3. The normalized spacial score (nSPS) is 17.6. The van der Waals surface area contributed by atoms with E-state index in [1.807, 2.05) is 6.07 Å². The van der Waals surface area contributed by atoms with Crippen LogP contribution in [0.15, 0.2) is 59.5 Å². The molecule has 1 amide bonds. The van der Waals surface area contributed by atoms with E-state index in [0.717, 1.165) is 33.8 Å². The lowest BCUT2D eigenvalue weighted by Gasteiger charge is -2.31. The third kappa shape index (κ3) is 5.07. The highest BCUT2D eigenvalue weighted by molar-refractivity contribution is 7.89. The van der Waals surface area contributed by atoms with Crippen LogP contribution < -0.4 is 5.32 Å². The van der Waals surface area contributed by atoms with E-state index in [-0.39, 0.29) is 24.0 Å². The SMILES string of the molecule is O=C(Nc1ccccc1)c1nnc([C@@H]2CCCN(S(=O)(=O)c3ccccc3C(F)(F)F)C2)s1. The molecule has 0 aliphatic carbocycles. The van der Waals surface area contributed by atoms with Gasteiger partial charge in [0, 0.05) is 24.7 Å². The van der Waals surface area contributed by atoms with Crippen molar-refractivity contribution in [3.63, 3.8) is 0 Å². The number of anilines is 1. The molecule has 1 aliphatic heterocycles. The van der Waals surface area contributed by atoms with Gasteiger partial charge in [0.25, 0.3) is 5.91 Å². The average Bonchev–Trinajstić information content (AvgIpc) is 3.30. The molecule has 7 nitrogen and oxygen atoms in total. The van der Waals surface area contributed by atoms with E-state index in [2.05, 4.69) is 15.5 Å². The fourth-order valence-corrected chi connectivity index (χ4v) is 6.22. The number of carbonyl (C=O) groups is 1. The molecular weight excluding hydrogens is 477 g/mol. The Bertz CT molecular complexity index is 1250. The van der Waals surface area contributed by atoms with Crippen molar-refractivity contribution in [2.24, 2.45) is 0 Å². The minimum absolute atomic E-state index is 0.0382. The molecule has 1 aliphatic rings. The van der Waals surface area contributed by atoms with Gasteiger partial charge in [-0.05, 0) is 37.1 Å². The van der Waals surface area contributed by atoms with Crippen LogP contribution in [-0.2, 0) is 16.2 Å². The summed E-state index contributed by atoms with van der Waals surface area (Å²) < 4.78 is 67.4. The maximum absolute atomic E-state index is 13.4. The molecule has 0 unspecified atom stereocenters. The van der Waals surface area contributed by atoms with Gasteiger partial charge in [0.1, 0.15) is 5.01 Å². The van der Waals surface area contributed by atoms with E-state index in [0.29, 0.717) is 23.5 Å². The fraction of sp³-hybridized carbons (Fsp3) is 0.286. The zero-order valence-electron chi connectivity index (χ0n) is 17.1. The molecule has 12 heteroatoms. The standard InChI is InChI=1S/C21H19F3N4O3S2/c22-21(23,24)16-10-4-5-11-17(16)33(30,31)28-12-6-7-14(13-28)19-26-27-20(32-19)18(29)25-15-8-2-1-3-9-15/h1-5,8-11,14H,6-7,12-13H2,(H,25,29)/t14-/m1/s1. The third-order valence-electron chi connectivity index (χ3n) is 5.21. The van der Waals surface area contributed by atoms with Gasteiger partial charge in [-0.25, -0.2) is 8.42 Å². The van der Waals surface area contributed by atoms with Crippen LogP contribution in [0.4, 0.5) is 18.9 Å². The molecule has 1 aromatic heterocycles. The predicted molar refractivity (Wildman–Crippen MR) is 116 cm³/mol. The summed E-state index contributed by atoms with van der Waals surface area (Å²) >= 11 is 1.05. The highest BCUT2D eigenvalue weighted by atomic mass is 32.2. The number of para-hydroxylation sites is 1. The number of halogens is 3. The van der Waals surface area contributed by atoms with Gasteiger partial charge in [-0.15, -0.1) is 10.2 Å². The summed E-state index contributed by atoms with van der Waals surface area (Å²) in [6.07, 6.45) is -3.76. The van der Waals surface area contributed by atoms with E-state index in [1.54, 1.807) is 24.3 Å². The minimum Gasteiger partial charge on any atom is -0.320 e. The van der Waals surface area contributed by atoms with Crippen molar-refractivity contribution in [2.75, 3.05) is 18.4 Å². The first-order chi connectivity index (χ1) is 15.7. The number of nitrogens with zero attached hydrogens (tertiary/aromatic N) is 3. The van der Waals surface area contributed by atoms with Crippen molar-refractivity contribution in [3.8, 4) is 0 Å². The van der Waals surface area contributed by atoms with Crippen molar-refractivity contribution in [1.82, 2.24) is 14.5 Å². The molecule has 3 aromatic rings. The molecule has 1 fully saturated rings. The number of hydrogen-bond donors (Lipinski definition) is 1. The van der Waals surface area contributed by atoms with Crippen LogP contribution >= 0.6 is 11.3 Å². The lowest BCUT2D eigenvalue weighted by atomic mass is 10.0. The van der Waals surface area contributed by atoms with E-state index >= 15 is 0 Å². The summed E-state index contributed by atoms with van der Waals surface area (Å²) in [6, 6.07) is 13.0. The molecule has 1 N–H and O–H groups in total.